The van der Waals surface area contributed by atoms with Gasteiger partial charge in [-0.3, -0.25) is 9.59 Å². The van der Waals surface area contributed by atoms with Gasteiger partial charge in [0.1, 0.15) is 23.9 Å². The normalized spacial score (nSPS) is 16.7. The first-order valence-electron chi connectivity index (χ1n) is 11.9. The number of methoxy groups -OCH3 is 1. The topological polar surface area (TPSA) is 85.3 Å². The molecule has 0 aliphatic carbocycles. The van der Waals surface area contributed by atoms with Crippen LogP contribution in [0.5, 0.6) is 11.5 Å². The lowest BCUT2D eigenvalue weighted by Gasteiger charge is -2.25. The van der Waals surface area contributed by atoms with E-state index in [4.69, 9.17) is 25.8 Å². The van der Waals surface area contributed by atoms with Gasteiger partial charge in [-0.15, -0.1) is 0 Å². The van der Waals surface area contributed by atoms with E-state index >= 15 is 0 Å². The van der Waals surface area contributed by atoms with Crippen LogP contribution in [-0.2, 0) is 20.9 Å². The first-order valence-corrected chi connectivity index (χ1v) is 12.3. The minimum Gasteiger partial charge on any atom is -0.507 e. The number of aliphatic hydroxyl groups is 1. The van der Waals surface area contributed by atoms with E-state index in [1.54, 1.807) is 42.5 Å². The van der Waals surface area contributed by atoms with E-state index in [0.29, 0.717) is 30.3 Å². The van der Waals surface area contributed by atoms with E-state index in [-0.39, 0.29) is 35.1 Å². The smallest absolute Gasteiger partial charge is 0.295 e. The molecule has 4 rings (SSSR count). The third-order valence-corrected chi connectivity index (χ3v) is 6.33. The highest BCUT2D eigenvalue weighted by molar-refractivity contribution is 6.47. The molecular formula is C29H28ClNO6. The Morgan fingerprint density at radius 3 is 2.46 bits per heavy atom. The molecule has 1 heterocycles. The van der Waals surface area contributed by atoms with Gasteiger partial charge in [-0.05, 0) is 48.4 Å². The maximum atomic E-state index is 13.2. The Balaban J connectivity index is 1.77. The van der Waals surface area contributed by atoms with Crippen molar-refractivity contribution in [1.29, 1.82) is 0 Å². The van der Waals surface area contributed by atoms with Crippen molar-refractivity contribution in [3.05, 3.63) is 100 Å². The number of aliphatic hydroxyl groups excluding tert-OH is 1. The van der Waals surface area contributed by atoms with Crippen molar-refractivity contribution in [2.45, 2.75) is 19.6 Å². The van der Waals surface area contributed by atoms with E-state index in [2.05, 4.69) is 0 Å². The Kier molecular flexibility index (Phi) is 8.48. The number of rotatable bonds is 10. The van der Waals surface area contributed by atoms with Crippen molar-refractivity contribution in [1.82, 2.24) is 4.90 Å². The van der Waals surface area contributed by atoms with Crippen LogP contribution in [0.4, 0.5) is 0 Å². The van der Waals surface area contributed by atoms with Crippen molar-refractivity contribution in [2.24, 2.45) is 0 Å². The Labute approximate surface area is 220 Å². The second-order valence-electron chi connectivity index (χ2n) is 8.41. The number of carbonyl (C=O) groups is 2. The number of amides is 1. The molecule has 7 nitrogen and oxygen atoms in total. The Hall–Kier alpha value is -3.81. The second-order valence-corrected chi connectivity index (χ2v) is 8.81. The van der Waals surface area contributed by atoms with Crippen LogP contribution >= 0.6 is 11.6 Å². The first kappa shape index (κ1) is 26.3. The maximum absolute atomic E-state index is 13.2. The molecule has 1 amide bonds. The summed E-state index contributed by atoms with van der Waals surface area (Å²) < 4.78 is 16.7. The Morgan fingerprint density at radius 2 is 1.73 bits per heavy atom. The molecule has 0 radical (unpaired) electrons. The van der Waals surface area contributed by atoms with Gasteiger partial charge in [0.2, 0.25) is 0 Å². The van der Waals surface area contributed by atoms with Crippen molar-refractivity contribution >= 4 is 29.1 Å². The Bertz CT molecular complexity index is 1310. The number of carbonyl (C=O) groups excluding carboxylic acids is 2. The molecule has 1 atom stereocenters. The van der Waals surface area contributed by atoms with E-state index in [1.165, 1.54) is 12.0 Å². The predicted octanol–water partition coefficient (Wildman–Crippen LogP) is 5.39. The van der Waals surface area contributed by atoms with Crippen LogP contribution in [-0.4, -0.2) is 48.6 Å². The van der Waals surface area contributed by atoms with Gasteiger partial charge in [-0.2, -0.15) is 0 Å². The minimum atomic E-state index is -0.859. The van der Waals surface area contributed by atoms with Gasteiger partial charge in [-0.1, -0.05) is 54.1 Å². The lowest BCUT2D eigenvalue weighted by molar-refractivity contribution is -0.140. The molecule has 1 fully saturated rings. The highest BCUT2D eigenvalue weighted by Gasteiger charge is 2.46. The highest BCUT2D eigenvalue weighted by atomic mass is 35.5. The molecule has 1 N–H and O–H groups in total. The van der Waals surface area contributed by atoms with Gasteiger partial charge in [0.25, 0.3) is 11.7 Å². The van der Waals surface area contributed by atoms with Crippen LogP contribution in [0.15, 0.2) is 78.4 Å². The third-order valence-electron chi connectivity index (χ3n) is 6.00. The fraction of sp³-hybridized carbons (Fsp3) is 0.241. The van der Waals surface area contributed by atoms with E-state index in [0.717, 1.165) is 5.56 Å². The van der Waals surface area contributed by atoms with Gasteiger partial charge in [0.15, 0.2) is 0 Å². The maximum Gasteiger partial charge on any atom is 0.295 e. The molecule has 37 heavy (non-hydrogen) atoms. The van der Waals surface area contributed by atoms with Crippen LogP contribution in [0.25, 0.3) is 5.76 Å². The second kappa shape index (κ2) is 12.0. The molecule has 0 aromatic heterocycles. The molecule has 1 saturated heterocycles. The van der Waals surface area contributed by atoms with Crippen LogP contribution < -0.4 is 9.47 Å². The summed E-state index contributed by atoms with van der Waals surface area (Å²) in [4.78, 5) is 27.7. The van der Waals surface area contributed by atoms with E-state index < -0.39 is 17.7 Å². The number of halogens is 1. The highest BCUT2D eigenvalue weighted by Crippen LogP contribution is 2.41. The predicted molar refractivity (Wildman–Crippen MR) is 141 cm³/mol. The fourth-order valence-electron chi connectivity index (χ4n) is 4.25. The van der Waals surface area contributed by atoms with Gasteiger partial charge in [0, 0.05) is 19.2 Å². The average Bonchev–Trinajstić information content (AvgIpc) is 3.17. The summed E-state index contributed by atoms with van der Waals surface area (Å²) >= 11 is 6.39. The SMILES string of the molecule is CCOc1ccc(Cl)c(/C(O)=C2\C(=O)C(=O)N(CCOC)C2c2cccc(OCc3ccccc3)c2)c1. The molecule has 0 saturated carbocycles. The van der Waals surface area contributed by atoms with Crippen molar-refractivity contribution < 1.29 is 28.9 Å². The standard InChI is InChI=1S/C29H28ClNO6/c1-3-36-22-12-13-24(30)23(17-22)27(32)25-26(31(14-15-35-2)29(34)28(25)33)20-10-7-11-21(16-20)37-18-19-8-5-4-6-9-19/h4-13,16-17,26,32H,3,14-15,18H2,1-2H3/b27-25+. The molecule has 1 unspecified atom stereocenters. The number of ketones is 1. The Morgan fingerprint density at radius 1 is 0.973 bits per heavy atom. The van der Waals surface area contributed by atoms with Crippen LogP contribution in [0.2, 0.25) is 5.02 Å². The molecular weight excluding hydrogens is 494 g/mol. The lowest BCUT2D eigenvalue weighted by atomic mass is 9.95. The zero-order valence-corrected chi connectivity index (χ0v) is 21.4. The van der Waals surface area contributed by atoms with Gasteiger partial charge < -0.3 is 24.2 Å². The van der Waals surface area contributed by atoms with Crippen LogP contribution in [0, 0.1) is 0 Å². The summed E-state index contributed by atoms with van der Waals surface area (Å²) in [5.74, 6) is -0.848. The summed E-state index contributed by atoms with van der Waals surface area (Å²) in [7, 11) is 1.52. The number of Topliss-reactive ketones (excluding diaryl/α,β-unsaturated/α-hetero) is 1. The molecule has 3 aromatic carbocycles. The monoisotopic (exact) mass is 521 g/mol. The first-order chi connectivity index (χ1) is 17.9. The lowest BCUT2D eigenvalue weighted by Crippen LogP contribution is -2.32. The molecule has 3 aromatic rings. The number of hydrogen-bond donors (Lipinski definition) is 1. The zero-order valence-electron chi connectivity index (χ0n) is 20.6. The number of benzene rings is 3. The summed E-state index contributed by atoms with van der Waals surface area (Å²) in [6.07, 6.45) is 0. The van der Waals surface area contributed by atoms with Crippen molar-refractivity contribution in [3.8, 4) is 11.5 Å². The molecule has 1 aliphatic rings. The van der Waals surface area contributed by atoms with Crippen molar-refractivity contribution in [3.63, 3.8) is 0 Å². The summed E-state index contributed by atoms with van der Waals surface area (Å²) in [6.45, 7) is 2.98. The largest absolute Gasteiger partial charge is 0.507 e. The van der Waals surface area contributed by atoms with Crippen LogP contribution in [0.1, 0.15) is 29.7 Å². The van der Waals surface area contributed by atoms with Gasteiger partial charge in [-0.25, -0.2) is 0 Å². The minimum absolute atomic E-state index is 0.0585. The van der Waals surface area contributed by atoms with Crippen LogP contribution in [0.3, 0.4) is 0 Å². The van der Waals surface area contributed by atoms with E-state index in [1.807, 2.05) is 37.3 Å². The third kappa shape index (κ3) is 5.79. The molecule has 0 spiro atoms. The molecule has 8 heteroatoms. The molecule has 1 aliphatic heterocycles. The number of hydrogen-bond acceptors (Lipinski definition) is 6. The average molecular weight is 522 g/mol. The molecule has 0 bridgehead atoms. The zero-order chi connectivity index (χ0) is 26.4. The molecule has 192 valence electrons. The fourth-order valence-corrected chi connectivity index (χ4v) is 4.46. The van der Waals surface area contributed by atoms with Crippen molar-refractivity contribution in [2.75, 3.05) is 26.9 Å². The summed E-state index contributed by atoms with van der Waals surface area (Å²) in [5.41, 5.74) is 1.76. The van der Waals surface area contributed by atoms with Gasteiger partial charge in [0.05, 0.1) is 29.9 Å². The van der Waals surface area contributed by atoms with Gasteiger partial charge >= 0.3 is 0 Å². The summed E-state index contributed by atoms with van der Waals surface area (Å²) in [5, 5.41) is 11.6. The quantitative estimate of drug-likeness (QED) is 0.219. The number of ether oxygens (including phenoxy) is 3. The summed E-state index contributed by atoms with van der Waals surface area (Å²) in [6, 6.07) is 20.8. The number of nitrogens with zero attached hydrogens (tertiary/aromatic N) is 1. The number of likely N-dealkylation sites (tertiary alicyclic amines) is 1. The van der Waals surface area contributed by atoms with E-state index in [9.17, 15) is 14.7 Å².